The van der Waals surface area contributed by atoms with Gasteiger partial charge in [0.25, 0.3) is 0 Å². The standard InChI is InChI=1S/C12H14O2/c1-4-6-10-8-11(9(3)13)12(14-10)7-5-2/h4-5,8H,1-2,6-7H2,3H3. The van der Waals surface area contributed by atoms with Crippen LogP contribution in [-0.2, 0) is 12.8 Å². The number of hydrogen-bond donors (Lipinski definition) is 0. The summed E-state index contributed by atoms with van der Waals surface area (Å²) in [6.07, 6.45) is 4.72. The predicted molar refractivity (Wildman–Crippen MR) is 56.5 cm³/mol. The molecule has 0 aliphatic carbocycles. The van der Waals surface area contributed by atoms with E-state index in [2.05, 4.69) is 13.2 Å². The number of ketones is 1. The summed E-state index contributed by atoms with van der Waals surface area (Å²) in [5.41, 5.74) is 0.654. The topological polar surface area (TPSA) is 30.2 Å². The van der Waals surface area contributed by atoms with Crippen LogP contribution in [0.4, 0.5) is 0 Å². The smallest absolute Gasteiger partial charge is 0.163 e. The maximum absolute atomic E-state index is 11.2. The fourth-order valence-corrected chi connectivity index (χ4v) is 1.31. The SMILES string of the molecule is C=CCc1cc(C(C)=O)c(CC=C)o1. The first-order chi connectivity index (χ1) is 6.69. The Bertz CT molecular complexity index is 358. The van der Waals surface area contributed by atoms with E-state index in [1.165, 1.54) is 6.92 Å². The number of allylic oxidation sites excluding steroid dienone is 2. The Morgan fingerprint density at radius 3 is 2.57 bits per heavy atom. The molecule has 2 heteroatoms. The highest BCUT2D eigenvalue weighted by Gasteiger charge is 2.12. The van der Waals surface area contributed by atoms with Gasteiger partial charge in [-0.25, -0.2) is 0 Å². The first-order valence-electron chi connectivity index (χ1n) is 4.53. The molecule has 0 unspecified atom stereocenters. The molecular weight excluding hydrogens is 176 g/mol. The Kier molecular flexibility index (Phi) is 3.46. The molecule has 1 rings (SSSR count). The van der Waals surface area contributed by atoms with Gasteiger partial charge in [0.15, 0.2) is 5.78 Å². The minimum atomic E-state index is 0.0286. The van der Waals surface area contributed by atoms with E-state index < -0.39 is 0 Å². The minimum Gasteiger partial charge on any atom is -0.465 e. The highest BCUT2D eigenvalue weighted by atomic mass is 16.3. The van der Waals surface area contributed by atoms with Crippen molar-refractivity contribution >= 4 is 5.78 Å². The van der Waals surface area contributed by atoms with Gasteiger partial charge in [-0.1, -0.05) is 12.2 Å². The molecule has 0 saturated carbocycles. The zero-order chi connectivity index (χ0) is 10.6. The average molecular weight is 190 g/mol. The molecule has 0 radical (unpaired) electrons. The van der Waals surface area contributed by atoms with Gasteiger partial charge in [0.2, 0.25) is 0 Å². The Morgan fingerprint density at radius 2 is 2.07 bits per heavy atom. The van der Waals surface area contributed by atoms with Crippen LogP contribution in [0.15, 0.2) is 35.8 Å². The monoisotopic (exact) mass is 190 g/mol. The second-order valence-electron chi connectivity index (χ2n) is 3.09. The molecule has 0 saturated heterocycles. The zero-order valence-electron chi connectivity index (χ0n) is 8.38. The summed E-state index contributed by atoms with van der Waals surface area (Å²) in [7, 11) is 0. The van der Waals surface area contributed by atoms with Gasteiger partial charge in [0.05, 0.1) is 5.56 Å². The molecular formula is C12H14O2. The van der Waals surface area contributed by atoms with Crippen molar-refractivity contribution < 1.29 is 9.21 Å². The van der Waals surface area contributed by atoms with Gasteiger partial charge in [-0.15, -0.1) is 13.2 Å². The van der Waals surface area contributed by atoms with Crippen LogP contribution in [0.3, 0.4) is 0 Å². The molecule has 1 aromatic heterocycles. The van der Waals surface area contributed by atoms with Gasteiger partial charge >= 0.3 is 0 Å². The lowest BCUT2D eigenvalue weighted by atomic mass is 10.1. The van der Waals surface area contributed by atoms with Crippen molar-refractivity contribution in [2.75, 3.05) is 0 Å². The predicted octanol–water partition coefficient (Wildman–Crippen LogP) is 2.94. The molecule has 0 fully saturated rings. The molecule has 0 spiro atoms. The van der Waals surface area contributed by atoms with Crippen LogP contribution in [-0.4, -0.2) is 5.78 Å². The van der Waals surface area contributed by atoms with Crippen LogP contribution in [0.1, 0.15) is 28.8 Å². The first-order valence-corrected chi connectivity index (χ1v) is 4.53. The summed E-state index contributed by atoms with van der Waals surface area (Å²) < 4.78 is 5.49. The molecule has 1 heterocycles. The molecule has 0 aromatic carbocycles. The average Bonchev–Trinajstić information content (AvgIpc) is 2.49. The Morgan fingerprint density at radius 1 is 1.43 bits per heavy atom. The van der Waals surface area contributed by atoms with Crippen LogP contribution in [0.25, 0.3) is 0 Å². The summed E-state index contributed by atoms with van der Waals surface area (Å²) >= 11 is 0. The fourth-order valence-electron chi connectivity index (χ4n) is 1.31. The maximum Gasteiger partial charge on any atom is 0.163 e. The molecule has 1 aromatic rings. The second-order valence-corrected chi connectivity index (χ2v) is 3.09. The van der Waals surface area contributed by atoms with Crippen molar-refractivity contribution in [3.8, 4) is 0 Å². The Labute approximate surface area is 83.9 Å². The normalized spacial score (nSPS) is 9.79. The first kappa shape index (κ1) is 10.5. The fraction of sp³-hybridized carbons (Fsp3) is 0.250. The molecule has 14 heavy (non-hydrogen) atoms. The molecule has 0 aliphatic heterocycles. The van der Waals surface area contributed by atoms with Crippen molar-refractivity contribution in [1.29, 1.82) is 0 Å². The third-order valence-corrected chi connectivity index (χ3v) is 1.91. The molecule has 0 atom stereocenters. The lowest BCUT2D eigenvalue weighted by Gasteiger charge is -1.93. The summed E-state index contributed by atoms with van der Waals surface area (Å²) in [5.74, 6) is 1.51. The third kappa shape index (κ3) is 2.22. The number of rotatable bonds is 5. The van der Waals surface area contributed by atoms with Crippen LogP contribution < -0.4 is 0 Å². The van der Waals surface area contributed by atoms with Gasteiger partial charge < -0.3 is 4.42 Å². The van der Waals surface area contributed by atoms with Gasteiger partial charge in [0.1, 0.15) is 11.5 Å². The molecule has 2 nitrogen and oxygen atoms in total. The third-order valence-electron chi connectivity index (χ3n) is 1.91. The summed E-state index contributed by atoms with van der Waals surface area (Å²) in [6.45, 7) is 8.78. The maximum atomic E-state index is 11.2. The van der Waals surface area contributed by atoms with Crippen molar-refractivity contribution in [1.82, 2.24) is 0 Å². The minimum absolute atomic E-state index is 0.0286. The van der Waals surface area contributed by atoms with Gasteiger partial charge in [-0.05, 0) is 13.0 Å². The van der Waals surface area contributed by atoms with Crippen molar-refractivity contribution in [3.05, 3.63) is 48.5 Å². The van der Waals surface area contributed by atoms with E-state index in [-0.39, 0.29) is 5.78 Å². The van der Waals surface area contributed by atoms with E-state index in [1.807, 2.05) is 0 Å². The highest BCUT2D eigenvalue weighted by Crippen LogP contribution is 2.17. The molecule has 74 valence electrons. The van der Waals surface area contributed by atoms with Crippen LogP contribution >= 0.6 is 0 Å². The molecule has 0 bridgehead atoms. The van der Waals surface area contributed by atoms with Gasteiger partial charge in [-0.3, -0.25) is 4.79 Å². The van der Waals surface area contributed by atoms with E-state index >= 15 is 0 Å². The molecule has 0 aliphatic rings. The molecule has 0 amide bonds. The van der Waals surface area contributed by atoms with E-state index in [1.54, 1.807) is 18.2 Å². The number of carbonyl (C=O) groups is 1. The summed E-state index contributed by atoms with van der Waals surface area (Å²) in [4.78, 5) is 11.2. The van der Waals surface area contributed by atoms with E-state index in [0.717, 1.165) is 5.76 Å². The highest BCUT2D eigenvalue weighted by molar-refractivity contribution is 5.95. The van der Waals surface area contributed by atoms with E-state index in [4.69, 9.17) is 4.42 Å². The quantitative estimate of drug-likeness (QED) is 0.528. The van der Waals surface area contributed by atoms with Crippen LogP contribution in [0, 0.1) is 0 Å². The van der Waals surface area contributed by atoms with Crippen molar-refractivity contribution in [3.63, 3.8) is 0 Å². The number of Topliss-reactive ketones (excluding diaryl/α,β-unsaturated/α-hetero) is 1. The van der Waals surface area contributed by atoms with Gasteiger partial charge in [-0.2, -0.15) is 0 Å². The molecule has 0 N–H and O–H groups in total. The Hall–Kier alpha value is -1.57. The lowest BCUT2D eigenvalue weighted by Crippen LogP contribution is -1.93. The number of hydrogen-bond acceptors (Lipinski definition) is 2. The summed E-state index contributed by atoms with van der Waals surface area (Å²) in [5, 5.41) is 0. The lowest BCUT2D eigenvalue weighted by molar-refractivity contribution is 0.101. The van der Waals surface area contributed by atoms with E-state index in [9.17, 15) is 4.79 Å². The van der Waals surface area contributed by atoms with Gasteiger partial charge in [0, 0.05) is 12.8 Å². The number of furan rings is 1. The van der Waals surface area contributed by atoms with Crippen LogP contribution in [0.2, 0.25) is 0 Å². The second kappa shape index (κ2) is 4.61. The van der Waals surface area contributed by atoms with E-state index in [0.29, 0.717) is 24.2 Å². The summed E-state index contributed by atoms with van der Waals surface area (Å²) in [6, 6.07) is 1.78. The zero-order valence-corrected chi connectivity index (χ0v) is 8.38. The van der Waals surface area contributed by atoms with Crippen LogP contribution in [0.5, 0.6) is 0 Å². The van der Waals surface area contributed by atoms with Crippen molar-refractivity contribution in [2.24, 2.45) is 0 Å². The Balaban J connectivity index is 3.04. The number of carbonyl (C=O) groups excluding carboxylic acids is 1. The van der Waals surface area contributed by atoms with Crippen molar-refractivity contribution in [2.45, 2.75) is 19.8 Å². The largest absolute Gasteiger partial charge is 0.465 e.